The molecule has 0 saturated heterocycles. The van der Waals surface area contributed by atoms with Crippen LogP contribution >= 0.6 is 12.2 Å². The highest BCUT2D eigenvalue weighted by Gasteiger charge is 2.20. The van der Waals surface area contributed by atoms with Crippen LogP contribution in [0.2, 0.25) is 0 Å². The van der Waals surface area contributed by atoms with E-state index in [9.17, 15) is 0 Å². The maximum Gasteiger partial charge on any atom is 0.0873 e. The number of benzene rings is 1. The fourth-order valence-electron chi connectivity index (χ4n) is 2.77. The van der Waals surface area contributed by atoms with Gasteiger partial charge in [-0.3, -0.25) is 4.98 Å². The molecule has 1 aliphatic rings. The summed E-state index contributed by atoms with van der Waals surface area (Å²) in [7, 11) is 0. The summed E-state index contributed by atoms with van der Waals surface area (Å²) >= 11 is 5.52. The molecule has 3 heteroatoms. The van der Waals surface area contributed by atoms with E-state index in [0.717, 1.165) is 17.8 Å². The summed E-state index contributed by atoms with van der Waals surface area (Å²) in [6, 6.07) is 8.42. The third kappa shape index (κ3) is 1.09. The molecule has 0 saturated carbocycles. The van der Waals surface area contributed by atoms with E-state index in [1.54, 1.807) is 0 Å². The highest BCUT2D eigenvalue weighted by molar-refractivity contribution is 7.80. The van der Waals surface area contributed by atoms with E-state index < -0.39 is 0 Å². The van der Waals surface area contributed by atoms with Crippen molar-refractivity contribution >= 4 is 39.0 Å². The second kappa shape index (κ2) is 3.14. The fourth-order valence-corrected chi connectivity index (χ4v) is 3.06. The second-order valence-electron chi connectivity index (χ2n) is 4.44. The normalized spacial score (nSPS) is 14.7. The molecule has 17 heavy (non-hydrogen) atoms. The van der Waals surface area contributed by atoms with Crippen LogP contribution in [-0.4, -0.2) is 14.5 Å². The molecule has 0 spiro atoms. The van der Waals surface area contributed by atoms with Gasteiger partial charge >= 0.3 is 0 Å². The average Bonchev–Trinajstić information content (AvgIpc) is 2.71. The van der Waals surface area contributed by atoms with E-state index in [-0.39, 0.29) is 0 Å². The molecule has 3 aromatic rings. The smallest absolute Gasteiger partial charge is 0.0873 e. The van der Waals surface area contributed by atoms with Gasteiger partial charge in [0.25, 0.3) is 0 Å². The molecule has 4 rings (SSSR count). The number of rotatable bonds is 0. The lowest BCUT2D eigenvalue weighted by Gasteiger charge is -2.16. The zero-order valence-electron chi connectivity index (χ0n) is 9.18. The number of fused-ring (bicyclic) bond motifs is 3. The molecule has 0 aliphatic carbocycles. The third-order valence-corrected chi connectivity index (χ3v) is 3.90. The lowest BCUT2D eigenvalue weighted by Crippen LogP contribution is -2.15. The van der Waals surface area contributed by atoms with E-state index in [4.69, 9.17) is 12.2 Å². The van der Waals surface area contributed by atoms with Gasteiger partial charge in [-0.05, 0) is 18.1 Å². The molecule has 3 heterocycles. The van der Waals surface area contributed by atoms with Gasteiger partial charge in [0.15, 0.2) is 0 Å². The van der Waals surface area contributed by atoms with Gasteiger partial charge in [0.2, 0.25) is 0 Å². The predicted molar refractivity (Wildman–Crippen MR) is 73.6 cm³/mol. The Hall–Kier alpha value is -1.74. The first-order chi connectivity index (χ1) is 8.36. The van der Waals surface area contributed by atoms with Gasteiger partial charge in [-0.2, -0.15) is 0 Å². The van der Waals surface area contributed by atoms with E-state index in [1.165, 1.54) is 27.4 Å². The van der Waals surface area contributed by atoms with Crippen molar-refractivity contribution in [3.05, 3.63) is 42.2 Å². The highest BCUT2D eigenvalue weighted by Crippen LogP contribution is 2.33. The molecule has 0 fully saturated rings. The molecule has 2 aromatic heterocycles. The summed E-state index contributed by atoms with van der Waals surface area (Å²) < 4.78 is 2.22. The van der Waals surface area contributed by atoms with Gasteiger partial charge in [-0.25, -0.2) is 0 Å². The Bertz CT molecular complexity index is 770. The Morgan fingerprint density at radius 2 is 1.94 bits per heavy atom. The lowest BCUT2D eigenvalue weighted by molar-refractivity contribution is 0.973. The van der Waals surface area contributed by atoms with Crippen molar-refractivity contribution in [2.45, 2.75) is 12.8 Å². The van der Waals surface area contributed by atoms with Gasteiger partial charge in [-0.15, -0.1) is 0 Å². The molecular weight excluding hydrogens is 228 g/mol. The zero-order valence-corrected chi connectivity index (χ0v) is 10.00. The SMILES string of the molecule is S=C1CCc2cncc3c4ccccc4n1c23. The number of hydrogen-bond acceptors (Lipinski definition) is 2. The van der Waals surface area contributed by atoms with Gasteiger partial charge in [0.1, 0.15) is 0 Å². The van der Waals surface area contributed by atoms with Crippen LogP contribution in [0.25, 0.3) is 21.8 Å². The van der Waals surface area contributed by atoms with Crippen molar-refractivity contribution < 1.29 is 0 Å². The van der Waals surface area contributed by atoms with Crippen LogP contribution < -0.4 is 0 Å². The third-order valence-electron chi connectivity index (χ3n) is 3.51. The number of nitrogens with zero attached hydrogens (tertiary/aromatic N) is 2. The first-order valence-corrected chi connectivity index (χ1v) is 6.16. The summed E-state index contributed by atoms with van der Waals surface area (Å²) in [5.74, 6) is 0. The monoisotopic (exact) mass is 238 g/mol. The molecule has 0 amide bonds. The Labute approximate surface area is 104 Å². The van der Waals surface area contributed by atoms with Crippen molar-refractivity contribution in [2.75, 3.05) is 0 Å². The average molecular weight is 238 g/mol. The topological polar surface area (TPSA) is 17.8 Å². The number of aromatic nitrogens is 2. The number of thiocarbonyl (C=S) groups is 1. The minimum absolute atomic E-state index is 0.946. The first-order valence-electron chi connectivity index (χ1n) is 5.75. The molecule has 0 bridgehead atoms. The molecular formula is C14H10N2S. The minimum atomic E-state index is 0.946. The Kier molecular flexibility index (Phi) is 1.72. The summed E-state index contributed by atoms with van der Waals surface area (Å²) in [6.45, 7) is 0. The maximum atomic E-state index is 5.52. The molecule has 0 N–H and O–H groups in total. The van der Waals surface area contributed by atoms with Gasteiger partial charge in [0, 0.05) is 29.6 Å². The van der Waals surface area contributed by atoms with E-state index >= 15 is 0 Å². The van der Waals surface area contributed by atoms with Gasteiger partial charge < -0.3 is 4.57 Å². The maximum absolute atomic E-state index is 5.52. The summed E-state index contributed by atoms with van der Waals surface area (Å²) in [5.41, 5.74) is 3.78. The van der Waals surface area contributed by atoms with Crippen LogP contribution in [0.15, 0.2) is 36.7 Å². The van der Waals surface area contributed by atoms with Crippen LogP contribution in [0.4, 0.5) is 0 Å². The molecule has 0 radical (unpaired) electrons. The van der Waals surface area contributed by atoms with Crippen LogP contribution in [0.3, 0.4) is 0 Å². The van der Waals surface area contributed by atoms with E-state index in [1.807, 2.05) is 12.4 Å². The van der Waals surface area contributed by atoms with Crippen LogP contribution in [0.1, 0.15) is 12.0 Å². The van der Waals surface area contributed by atoms with Gasteiger partial charge in [-0.1, -0.05) is 30.4 Å². The van der Waals surface area contributed by atoms with Crippen molar-refractivity contribution in [1.82, 2.24) is 9.55 Å². The molecule has 0 atom stereocenters. The predicted octanol–water partition coefficient (Wildman–Crippen LogP) is 3.31. The standard InChI is InChI=1S/C14H10N2S/c17-13-6-5-9-7-15-8-11-10-3-1-2-4-12(10)16(13)14(9)11/h1-4,7-8H,5-6H2. The highest BCUT2D eigenvalue weighted by atomic mass is 32.1. The van der Waals surface area contributed by atoms with Gasteiger partial charge in [0.05, 0.1) is 16.0 Å². The van der Waals surface area contributed by atoms with Crippen molar-refractivity contribution in [3.8, 4) is 0 Å². The number of para-hydroxylation sites is 1. The fraction of sp³-hybridized carbons (Fsp3) is 0.143. The molecule has 1 aliphatic heterocycles. The Morgan fingerprint density at radius 3 is 2.88 bits per heavy atom. The molecule has 0 unspecified atom stereocenters. The second-order valence-corrected chi connectivity index (χ2v) is 4.91. The van der Waals surface area contributed by atoms with Crippen LogP contribution in [0.5, 0.6) is 0 Å². The van der Waals surface area contributed by atoms with E-state index in [0.29, 0.717) is 0 Å². The molecule has 1 aromatic carbocycles. The van der Waals surface area contributed by atoms with Crippen molar-refractivity contribution in [1.29, 1.82) is 0 Å². The summed E-state index contributed by atoms with van der Waals surface area (Å²) in [4.78, 5) is 5.37. The zero-order chi connectivity index (χ0) is 11.4. The van der Waals surface area contributed by atoms with Crippen LogP contribution in [-0.2, 0) is 6.42 Å². The van der Waals surface area contributed by atoms with Crippen LogP contribution in [0, 0.1) is 0 Å². The Morgan fingerprint density at radius 1 is 1.06 bits per heavy atom. The minimum Gasteiger partial charge on any atom is -0.303 e. The summed E-state index contributed by atoms with van der Waals surface area (Å²) in [6.07, 6.45) is 5.88. The van der Waals surface area contributed by atoms with Crippen molar-refractivity contribution in [2.24, 2.45) is 0 Å². The Balaban J connectivity index is 2.38. The number of pyridine rings is 1. The quantitative estimate of drug-likeness (QED) is 0.559. The largest absolute Gasteiger partial charge is 0.303 e. The summed E-state index contributed by atoms with van der Waals surface area (Å²) in [5, 5.41) is 2.47. The number of aryl methyl sites for hydroxylation is 1. The first kappa shape index (κ1) is 9.31. The van der Waals surface area contributed by atoms with Crippen molar-refractivity contribution in [3.63, 3.8) is 0 Å². The lowest BCUT2D eigenvalue weighted by atomic mass is 10.1. The molecule has 82 valence electrons. The van der Waals surface area contributed by atoms with E-state index in [2.05, 4.69) is 33.8 Å². The number of hydrogen-bond donors (Lipinski definition) is 0. The molecule has 2 nitrogen and oxygen atoms in total.